The maximum atomic E-state index is 13.0. The number of esters is 1. The van der Waals surface area contributed by atoms with Gasteiger partial charge in [0.05, 0.1) is 38.0 Å². The molecule has 1 unspecified atom stereocenters. The van der Waals surface area contributed by atoms with Crippen LogP contribution in [0.2, 0.25) is 0 Å². The predicted molar refractivity (Wildman–Crippen MR) is 111 cm³/mol. The number of hydrogen-bond donors (Lipinski definition) is 0. The highest BCUT2D eigenvalue weighted by atomic mass is 16.7. The summed E-state index contributed by atoms with van der Waals surface area (Å²) in [4.78, 5) is 24.6. The first-order chi connectivity index (χ1) is 15.0. The Hall–Kier alpha value is -3.94. The van der Waals surface area contributed by atoms with Crippen LogP contribution in [-0.2, 0) is 9.53 Å². The molecule has 8 heteroatoms. The van der Waals surface area contributed by atoms with Crippen LogP contribution in [0.3, 0.4) is 0 Å². The van der Waals surface area contributed by atoms with Gasteiger partial charge in [-0.05, 0) is 35.9 Å². The highest BCUT2D eigenvalue weighted by molar-refractivity contribution is 5.76. The van der Waals surface area contributed by atoms with E-state index >= 15 is 0 Å². The molecule has 2 heterocycles. The largest absolute Gasteiger partial charge is 0.493 e. The minimum absolute atomic E-state index is 0.220. The fourth-order valence-corrected chi connectivity index (χ4v) is 3.48. The van der Waals surface area contributed by atoms with Gasteiger partial charge in [-0.15, -0.1) is 0 Å². The van der Waals surface area contributed by atoms with Gasteiger partial charge in [-0.1, -0.05) is 12.1 Å². The second-order valence-corrected chi connectivity index (χ2v) is 6.70. The maximum Gasteiger partial charge on any atom is 0.344 e. The summed E-state index contributed by atoms with van der Waals surface area (Å²) >= 11 is 0. The van der Waals surface area contributed by atoms with E-state index in [1.54, 1.807) is 42.5 Å². The van der Waals surface area contributed by atoms with Gasteiger partial charge < -0.3 is 28.1 Å². The van der Waals surface area contributed by atoms with E-state index in [4.69, 9.17) is 28.1 Å². The Morgan fingerprint density at radius 1 is 0.935 bits per heavy atom. The van der Waals surface area contributed by atoms with E-state index in [2.05, 4.69) is 0 Å². The molecule has 0 radical (unpaired) electrons. The Labute approximate surface area is 177 Å². The van der Waals surface area contributed by atoms with Gasteiger partial charge in [-0.3, -0.25) is 4.79 Å². The molecule has 2 aromatic carbocycles. The normalized spacial score (nSPS) is 14.0. The fourth-order valence-electron chi connectivity index (χ4n) is 3.48. The second-order valence-electron chi connectivity index (χ2n) is 6.70. The molecule has 0 N–H and O–H groups in total. The molecule has 160 valence electrons. The van der Waals surface area contributed by atoms with Crippen molar-refractivity contribution in [2.45, 2.75) is 13.2 Å². The van der Waals surface area contributed by atoms with Gasteiger partial charge in [0.1, 0.15) is 5.75 Å². The van der Waals surface area contributed by atoms with Gasteiger partial charge >= 0.3 is 11.6 Å². The highest BCUT2D eigenvalue weighted by Gasteiger charge is 2.32. The molecule has 1 aliphatic heterocycles. The Morgan fingerprint density at radius 3 is 2.23 bits per heavy atom. The number of carbonyl (C=O) groups is 1. The predicted octanol–water partition coefficient (Wildman–Crippen LogP) is 3.95. The van der Waals surface area contributed by atoms with Gasteiger partial charge in [-0.2, -0.15) is 0 Å². The third-order valence-electron chi connectivity index (χ3n) is 4.85. The summed E-state index contributed by atoms with van der Waals surface area (Å²) in [6.07, 6.45) is -1.06. The van der Waals surface area contributed by atoms with Crippen LogP contribution in [0.1, 0.15) is 18.8 Å². The van der Waals surface area contributed by atoms with E-state index in [9.17, 15) is 9.59 Å². The molecule has 1 aliphatic rings. The van der Waals surface area contributed by atoms with Gasteiger partial charge in [0.15, 0.2) is 17.3 Å². The van der Waals surface area contributed by atoms with Crippen LogP contribution in [0.4, 0.5) is 0 Å². The molecule has 31 heavy (non-hydrogen) atoms. The van der Waals surface area contributed by atoms with E-state index in [0.717, 1.165) is 0 Å². The van der Waals surface area contributed by atoms with Gasteiger partial charge in [0.25, 0.3) is 6.29 Å². The summed E-state index contributed by atoms with van der Waals surface area (Å²) in [7, 11) is 4.46. The molecule has 0 amide bonds. The Bertz CT molecular complexity index is 1190. The van der Waals surface area contributed by atoms with Crippen LogP contribution in [0.25, 0.3) is 22.5 Å². The van der Waals surface area contributed by atoms with Crippen LogP contribution in [0.15, 0.2) is 51.7 Å². The maximum absolute atomic E-state index is 13.0. The van der Waals surface area contributed by atoms with Crippen molar-refractivity contribution in [3.63, 3.8) is 0 Å². The minimum Gasteiger partial charge on any atom is -0.493 e. The lowest BCUT2D eigenvalue weighted by Crippen LogP contribution is -2.21. The fraction of sp³-hybridized carbons (Fsp3) is 0.217. The van der Waals surface area contributed by atoms with E-state index in [1.165, 1.54) is 28.3 Å². The van der Waals surface area contributed by atoms with Crippen molar-refractivity contribution in [3.05, 3.63) is 58.4 Å². The molecule has 0 fully saturated rings. The summed E-state index contributed by atoms with van der Waals surface area (Å²) in [6.45, 7) is 1.28. The summed E-state index contributed by atoms with van der Waals surface area (Å²) in [6, 6.07) is 11.9. The summed E-state index contributed by atoms with van der Waals surface area (Å²) in [5.74, 6) is 1.36. The van der Waals surface area contributed by atoms with E-state index < -0.39 is 17.9 Å². The molecule has 3 aromatic rings. The lowest BCUT2D eigenvalue weighted by atomic mass is 9.99. The van der Waals surface area contributed by atoms with E-state index in [1.807, 2.05) is 0 Å². The second kappa shape index (κ2) is 8.06. The van der Waals surface area contributed by atoms with Crippen LogP contribution >= 0.6 is 0 Å². The number of rotatable bonds is 5. The zero-order valence-electron chi connectivity index (χ0n) is 17.4. The first kappa shape index (κ1) is 20.3. The molecule has 0 aliphatic carbocycles. The molecule has 1 aromatic heterocycles. The average Bonchev–Trinajstić information content (AvgIpc) is 2.77. The van der Waals surface area contributed by atoms with Crippen molar-refractivity contribution in [1.82, 2.24) is 0 Å². The smallest absolute Gasteiger partial charge is 0.344 e. The van der Waals surface area contributed by atoms with Crippen LogP contribution < -0.4 is 24.6 Å². The van der Waals surface area contributed by atoms with Crippen molar-refractivity contribution in [2.24, 2.45) is 0 Å². The van der Waals surface area contributed by atoms with Gasteiger partial charge in [0.2, 0.25) is 5.75 Å². The van der Waals surface area contributed by atoms with Crippen molar-refractivity contribution in [2.75, 3.05) is 21.3 Å². The standard InChI is InChI=1S/C23H20O8/c1-12(24)29-23-16-11-15(13-9-18(26-2)21(28-4)19(10-13)27-3)22(25)31-20(16)14-7-5-6-8-17(14)30-23/h5-11,23H,1-4H3. The molecule has 0 spiro atoms. The number of ether oxygens (including phenoxy) is 5. The van der Waals surface area contributed by atoms with Crippen molar-refractivity contribution in [3.8, 4) is 45.4 Å². The van der Waals surface area contributed by atoms with E-state index in [-0.39, 0.29) is 11.3 Å². The number of fused-ring (bicyclic) bond motifs is 3. The minimum atomic E-state index is -1.06. The van der Waals surface area contributed by atoms with Crippen LogP contribution in [0, 0.1) is 0 Å². The number of hydrogen-bond acceptors (Lipinski definition) is 8. The molecule has 4 rings (SSSR count). The Kier molecular flexibility index (Phi) is 5.29. The molecular weight excluding hydrogens is 404 g/mol. The Morgan fingerprint density at radius 2 is 1.61 bits per heavy atom. The van der Waals surface area contributed by atoms with Crippen molar-refractivity contribution >= 4 is 5.97 Å². The third-order valence-corrected chi connectivity index (χ3v) is 4.85. The third kappa shape index (κ3) is 3.56. The number of methoxy groups -OCH3 is 3. The molecule has 0 saturated heterocycles. The van der Waals surface area contributed by atoms with Crippen molar-refractivity contribution < 1.29 is 32.9 Å². The molecule has 0 saturated carbocycles. The van der Waals surface area contributed by atoms with Crippen molar-refractivity contribution in [1.29, 1.82) is 0 Å². The molecule has 1 atom stereocenters. The van der Waals surface area contributed by atoms with Gasteiger partial charge in [0, 0.05) is 6.92 Å². The zero-order chi connectivity index (χ0) is 22.1. The topological polar surface area (TPSA) is 93.4 Å². The lowest BCUT2D eigenvalue weighted by molar-refractivity contribution is -0.162. The number of benzene rings is 2. The molecular formula is C23H20O8. The zero-order valence-corrected chi connectivity index (χ0v) is 17.4. The first-order valence-electron chi connectivity index (χ1n) is 9.38. The van der Waals surface area contributed by atoms with Crippen LogP contribution in [-0.4, -0.2) is 27.3 Å². The molecule has 0 bridgehead atoms. The SMILES string of the molecule is COc1cc(-c2cc3c(oc2=O)-c2ccccc2OC3OC(C)=O)cc(OC)c1OC. The lowest BCUT2D eigenvalue weighted by Gasteiger charge is -2.27. The van der Waals surface area contributed by atoms with Gasteiger partial charge in [-0.25, -0.2) is 4.79 Å². The summed E-state index contributed by atoms with van der Waals surface area (Å²) in [5.41, 5.74) is 1.13. The molecule has 8 nitrogen and oxygen atoms in total. The first-order valence-corrected chi connectivity index (χ1v) is 9.38. The summed E-state index contributed by atoms with van der Waals surface area (Å²) in [5, 5.41) is 0. The monoisotopic (exact) mass is 424 g/mol. The summed E-state index contributed by atoms with van der Waals surface area (Å²) < 4.78 is 33.0. The number of para-hydroxylation sites is 1. The van der Waals surface area contributed by atoms with Crippen LogP contribution in [0.5, 0.6) is 23.0 Å². The average molecular weight is 424 g/mol. The number of carbonyl (C=O) groups excluding carboxylic acids is 1. The Balaban J connectivity index is 1.93. The van der Waals surface area contributed by atoms with E-state index in [0.29, 0.717) is 39.7 Å². The quantitative estimate of drug-likeness (QED) is 0.569. The highest BCUT2D eigenvalue weighted by Crippen LogP contribution is 2.45.